The number of methoxy groups -OCH3 is 1. The highest BCUT2D eigenvalue weighted by Crippen LogP contribution is 2.39. The van der Waals surface area contributed by atoms with Crippen molar-refractivity contribution in [3.63, 3.8) is 0 Å². The molecule has 0 N–H and O–H groups in total. The molecule has 1 aromatic carbocycles. The largest absolute Gasteiger partial charge is 0.496 e. The van der Waals surface area contributed by atoms with Crippen molar-refractivity contribution in [3.8, 4) is 0 Å². The van der Waals surface area contributed by atoms with Gasteiger partial charge < -0.3 is 9.47 Å². The molecule has 1 atom stereocenters. The van der Waals surface area contributed by atoms with Crippen LogP contribution in [-0.4, -0.2) is 24.5 Å². The Kier molecular flexibility index (Phi) is 2.26. The monoisotopic (exact) mass is 244 g/mol. The third-order valence-corrected chi connectivity index (χ3v) is 3.40. The summed E-state index contributed by atoms with van der Waals surface area (Å²) < 4.78 is 10.6. The number of carbonyl (C=O) groups excluding carboxylic acids is 2. The van der Waals surface area contributed by atoms with Gasteiger partial charge in [0.25, 0.3) is 0 Å². The van der Waals surface area contributed by atoms with Crippen LogP contribution in [0.1, 0.15) is 28.8 Å². The predicted molar refractivity (Wildman–Crippen MR) is 63.8 cm³/mol. The van der Waals surface area contributed by atoms with Crippen LogP contribution < -0.4 is 0 Å². The molecular weight excluding hydrogens is 232 g/mol. The van der Waals surface area contributed by atoms with Gasteiger partial charge in [0.15, 0.2) is 5.60 Å². The van der Waals surface area contributed by atoms with Gasteiger partial charge in [-0.15, -0.1) is 0 Å². The van der Waals surface area contributed by atoms with Gasteiger partial charge in [0, 0.05) is 23.6 Å². The Hall–Kier alpha value is -2.10. The number of hydrogen-bond donors (Lipinski definition) is 0. The quantitative estimate of drug-likeness (QED) is 0.708. The van der Waals surface area contributed by atoms with E-state index in [0.29, 0.717) is 17.7 Å². The number of fused-ring (bicyclic) bond motifs is 1. The van der Waals surface area contributed by atoms with Crippen molar-refractivity contribution in [3.05, 3.63) is 41.5 Å². The zero-order chi connectivity index (χ0) is 12.8. The lowest BCUT2D eigenvalue weighted by Gasteiger charge is -2.29. The molecule has 92 valence electrons. The summed E-state index contributed by atoms with van der Waals surface area (Å²) in [4.78, 5) is 23.8. The van der Waals surface area contributed by atoms with Crippen LogP contribution in [-0.2, 0) is 14.3 Å². The van der Waals surface area contributed by atoms with E-state index in [1.165, 1.54) is 0 Å². The smallest absolute Gasteiger partial charge is 0.307 e. The van der Waals surface area contributed by atoms with E-state index in [1.807, 2.05) is 12.1 Å². The molecule has 0 aromatic heterocycles. The second kappa shape index (κ2) is 3.70. The Labute approximate surface area is 104 Å². The van der Waals surface area contributed by atoms with E-state index in [2.05, 4.69) is 0 Å². The summed E-state index contributed by atoms with van der Waals surface area (Å²) in [6, 6.07) is 7.20. The molecule has 1 aliphatic heterocycles. The topological polar surface area (TPSA) is 52.6 Å². The van der Waals surface area contributed by atoms with Gasteiger partial charge in [-0.2, -0.15) is 0 Å². The predicted octanol–water partition coefficient (Wildman–Crippen LogP) is 1.95. The third-order valence-electron chi connectivity index (χ3n) is 3.40. The van der Waals surface area contributed by atoms with Crippen LogP contribution in [0.3, 0.4) is 0 Å². The average Bonchev–Trinajstić information content (AvgIpc) is 2.77. The second-order valence-electron chi connectivity index (χ2n) is 4.45. The molecule has 0 amide bonds. The number of rotatable bonds is 1. The molecule has 1 heterocycles. The Morgan fingerprint density at radius 2 is 1.94 bits per heavy atom. The van der Waals surface area contributed by atoms with Crippen molar-refractivity contribution < 1.29 is 19.1 Å². The fraction of sp³-hybridized carbons (Fsp3) is 0.286. The lowest BCUT2D eigenvalue weighted by Crippen LogP contribution is -2.39. The molecule has 18 heavy (non-hydrogen) atoms. The maximum absolute atomic E-state index is 12.5. The first-order valence-electron chi connectivity index (χ1n) is 5.79. The lowest BCUT2D eigenvalue weighted by atomic mass is 9.82. The van der Waals surface area contributed by atoms with E-state index in [1.54, 1.807) is 25.3 Å². The Morgan fingerprint density at radius 3 is 2.56 bits per heavy atom. The van der Waals surface area contributed by atoms with Crippen LogP contribution in [0.15, 0.2) is 30.3 Å². The van der Waals surface area contributed by atoms with Crippen molar-refractivity contribution in [2.24, 2.45) is 0 Å². The molecule has 4 nitrogen and oxygen atoms in total. The van der Waals surface area contributed by atoms with Crippen LogP contribution in [0.25, 0.3) is 5.76 Å². The lowest BCUT2D eigenvalue weighted by molar-refractivity contribution is -0.143. The van der Waals surface area contributed by atoms with Gasteiger partial charge in [-0.3, -0.25) is 9.59 Å². The van der Waals surface area contributed by atoms with Gasteiger partial charge in [-0.25, -0.2) is 0 Å². The first-order chi connectivity index (χ1) is 8.66. The minimum atomic E-state index is -1.16. The molecule has 0 bridgehead atoms. The number of ether oxygens (including phenoxy) is 2. The Bertz CT molecular complexity index is 573. The fourth-order valence-corrected chi connectivity index (χ4v) is 2.50. The zero-order valence-electron chi connectivity index (χ0n) is 9.93. The van der Waals surface area contributed by atoms with Crippen molar-refractivity contribution in [1.82, 2.24) is 0 Å². The first-order valence-corrected chi connectivity index (χ1v) is 5.79. The second-order valence-corrected chi connectivity index (χ2v) is 4.45. The number of carbonyl (C=O) groups is 2. The van der Waals surface area contributed by atoms with Crippen molar-refractivity contribution in [2.75, 3.05) is 7.11 Å². The maximum atomic E-state index is 12.5. The molecule has 1 fully saturated rings. The molecule has 1 unspecified atom stereocenters. The fourth-order valence-electron chi connectivity index (χ4n) is 2.50. The van der Waals surface area contributed by atoms with E-state index < -0.39 is 5.60 Å². The van der Waals surface area contributed by atoms with Crippen LogP contribution in [0.4, 0.5) is 0 Å². The van der Waals surface area contributed by atoms with E-state index in [9.17, 15) is 9.59 Å². The van der Waals surface area contributed by atoms with Gasteiger partial charge in [0.05, 0.1) is 13.5 Å². The molecule has 0 radical (unpaired) electrons. The van der Waals surface area contributed by atoms with Crippen LogP contribution >= 0.6 is 0 Å². The zero-order valence-corrected chi connectivity index (χ0v) is 9.93. The first kappa shape index (κ1) is 11.0. The number of benzene rings is 1. The number of esters is 1. The van der Waals surface area contributed by atoms with Crippen LogP contribution in [0.5, 0.6) is 0 Å². The van der Waals surface area contributed by atoms with Gasteiger partial charge in [0.1, 0.15) is 5.76 Å². The molecule has 4 heteroatoms. The third kappa shape index (κ3) is 1.38. The number of ketones is 1. The molecule has 3 rings (SSSR count). The molecule has 2 aliphatic rings. The standard InChI is InChI=1S/C14H12O4/c1-17-11-8-14(7-6-12(15)18-14)13(16)10-5-3-2-4-9(10)11/h2-5,8H,6-7H2,1H3. The molecule has 1 aromatic rings. The van der Waals surface area contributed by atoms with Crippen molar-refractivity contribution >= 4 is 17.5 Å². The molecule has 1 spiro atoms. The molecule has 0 saturated carbocycles. The minimum absolute atomic E-state index is 0.162. The number of Topliss-reactive ketones (excluding diaryl/α,β-unsaturated/α-hetero) is 1. The van der Waals surface area contributed by atoms with Crippen LogP contribution in [0.2, 0.25) is 0 Å². The summed E-state index contributed by atoms with van der Waals surface area (Å²) in [6.45, 7) is 0. The Morgan fingerprint density at radius 1 is 1.22 bits per heavy atom. The molecule has 1 saturated heterocycles. The summed E-state index contributed by atoms with van der Waals surface area (Å²) in [5, 5.41) is 0. The highest BCUT2D eigenvalue weighted by atomic mass is 16.6. The normalized spacial score (nSPS) is 25.7. The summed E-state index contributed by atoms with van der Waals surface area (Å²) in [6.07, 6.45) is 2.27. The maximum Gasteiger partial charge on any atom is 0.307 e. The summed E-state index contributed by atoms with van der Waals surface area (Å²) in [7, 11) is 1.54. The minimum Gasteiger partial charge on any atom is -0.496 e. The average molecular weight is 244 g/mol. The van der Waals surface area contributed by atoms with E-state index in [-0.39, 0.29) is 18.2 Å². The summed E-state index contributed by atoms with van der Waals surface area (Å²) in [5.74, 6) is 0.0825. The van der Waals surface area contributed by atoms with Gasteiger partial charge in [0.2, 0.25) is 5.78 Å². The molecule has 1 aliphatic carbocycles. The Balaban J connectivity index is 2.18. The summed E-state index contributed by atoms with van der Waals surface area (Å²) >= 11 is 0. The number of hydrogen-bond acceptors (Lipinski definition) is 4. The van der Waals surface area contributed by atoms with E-state index >= 15 is 0 Å². The summed E-state index contributed by atoms with van der Waals surface area (Å²) in [5.41, 5.74) is 0.140. The molecular formula is C14H12O4. The van der Waals surface area contributed by atoms with Gasteiger partial charge >= 0.3 is 5.97 Å². The van der Waals surface area contributed by atoms with E-state index in [4.69, 9.17) is 9.47 Å². The SMILES string of the molecule is COC1=CC2(CCC(=O)O2)C(=O)c2ccccc21. The van der Waals surface area contributed by atoms with Gasteiger partial charge in [-0.05, 0) is 0 Å². The highest BCUT2D eigenvalue weighted by Gasteiger charge is 2.49. The van der Waals surface area contributed by atoms with E-state index in [0.717, 1.165) is 5.56 Å². The van der Waals surface area contributed by atoms with Crippen molar-refractivity contribution in [2.45, 2.75) is 18.4 Å². The highest BCUT2D eigenvalue weighted by molar-refractivity contribution is 6.11. The van der Waals surface area contributed by atoms with Crippen molar-refractivity contribution in [1.29, 1.82) is 0 Å². The van der Waals surface area contributed by atoms with Gasteiger partial charge in [-0.1, -0.05) is 24.3 Å². The van der Waals surface area contributed by atoms with Crippen LogP contribution in [0, 0.1) is 0 Å².